The summed E-state index contributed by atoms with van der Waals surface area (Å²) < 4.78 is 32.6. The molecule has 29 heavy (non-hydrogen) atoms. The van der Waals surface area contributed by atoms with Gasteiger partial charge in [0.2, 0.25) is 10.0 Å². The standard InChI is InChI=1S/C17H16Cl2N4O4S2/c1-3-23(4-2)29(25,26)11-7-5-10(6-8-11)15(24)20-17-22-21-16(27-17)12-9-13(18)28-14(12)19/h5-9H,3-4H2,1-2H3,(H,20,22,24). The van der Waals surface area contributed by atoms with E-state index in [0.29, 0.717) is 27.3 Å². The topological polar surface area (TPSA) is 105 Å². The minimum atomic E-state index is -3.59. The van der Waals surface area contributed by atoms with E-state index in [9.17, 15) is 13.2 Å². The van der Waals surface area contributed by atoms with Crippen LogP contribution in [0.2, 0.25) is 8.67 Å². The van der Waals surface area contributed by atoms with Gasteiger partial charge in [0, 0.05) is 18.7 Å². The van der Waals surface area contributed by atoms with E-state index in [4.69, 9.17) is 27.6 Å². The van der Waals surface area contributed by atoms with Crippen LogP contribution in [0.3, 0.4) is 0 Å². The summed E-state index contributed by atoms with van der Waals surface area (Å²) in [5.74, 6) is -0.407. The van der Waals surface area contributed by atoms with Gasteiger partial charge in [-0.1, -0.05) is 42.1 Å². The second-order valence-electron chi connectivity index (χ2n) is 5.72. The lowest BCUT2D eigenvalue weighted by Gasteiger charge is -2.18. The summed E-state index contributed by atoms with van der Waals surface area (Å²) in [6, 6.07) is 7.06. The van der Waals surface area contributed by atoms with E-state index in [0.717, 1.165) is 11.3 Å². The second kappa shape index (κ2) is 8.80. The number of carbonyl (C=O) groups excluding carboxylic acids is 1. The van der Waals surface area contributed by atoms with Gasteiger partial charge in [0.05, 0.1) is 14.8 Å². The summed E-state index contributed by atoms with van der Waals surface area (Å²) >= 11 is 13.1. The number of halogens is 2. The predicted molar refractivity (Wildman–Crippen MR) is 112 cm³/mol. The summed E-state index contributed by atoms with van der Waals surface area (Å²) in [6.07, 6.45) is 0. The Morgan fingerprint density at radius 1 is 1.17 bits per heavy atom. The molecular weight excluding hydrogens is 459 g/mol. The summed E-state index contributed by atoms with van der Waals surface area (Å²) in [5, 5.41) is 10.1. The maximum atomic E-state index is 12.5. The number of sulfonamides is 1. The van der Waals surface area contributed by atoms with Crippen molar-refractivity contribution in [2.24, 2.45) is 0 Å². The Hall–Kier alpha value is -1.98. The van der Waals surface area contributed by atoms with E-state index < -0.39 is 15.9 Å². The summed E-state index contributed by atoms with van der Waals surface area (Å²) in [5.41, 5.74) is 0.709. The normalized spacial score (nSPS) is 11.8. The molecule has 2 heterocycles. The quantitative estimate of drug-likeness (QED) is 0.544. The fourth-order valence-corrected chi connectivity index (χ4v) is 5.43. The van der Waals surface area contributed by atoms with Gasteiger partial charge in [0.25, 0.3) is 11.8 Å². The van der Waals surface area contributed by atoms with Gasteiger partial charge >= 0.3 is 6.01 Å². The van der Waals surface area contributed by atoms with Crippen molar-refractivity contribution in [1.29, 1.82) is 0 Å². The Morgan fingerprint density at radius 3 is 2.38 bits per heavy atom. The third-order valence-electron chi connectivity index (χ3n) is 3.99. The number of amides is 1. The van der Waals surface area contributed by atoms with Crippen LogP contribution < -0.4 is 5.32 Å². The molecule has 3 aromatic rings. The molecule has 0 saturated heterocycles. The fourth-order valence-electron chi connectivity index (χ4n) is 2.53. The van der Waals surface area contributed by atoms with Crippen LogP contribution >= 0.6 is 34.5 Å². The van der Waals surface area contributed by atoms with Gasteiger partial charge < -0.3 is 4.42 Å². The Labute approximate surface area is 181 Å². The number of aromatic nitrogens is 2. The first-order valence-electron chi connectivity index (χ1n) is 8.46. The largest absolute Gasteiger partial charge is 0.403 e. The summed E-state index contributed by atoms with van der Waals surface area (Å²) in [7, 11) is -3.59. The zero-order valence-electron chi connectivity index (χ0n) is 15.3. The van der Waals surface area contributed by atoms with Crippen molar-refractivity contribution in [2.45, 2.75) is 18.7 Å². The van der Waals surface area contributed by atoms with E-state index in [-0.39, 0.29) is 22.4 Å². The van der Waals surface area contributed by atoms with Crippen LogP contribution in [0.4, 0.5) is 6.01 Å². The number of carbonyl (C=O) groups is 1. The van der Waals surface area contributed by atoms with Crippen LogP contribution in [0.1, 0.15) is 24.2 Å². The molecule has 0 fully saturated rings. The second-order valence-corrected chi connectivity index (χ2v) is 9.94. The molecule has 0 aliphatic rings. The first kappa shape index (κ1) is 21.7. The highest BCUT2D eigenvalue weighted by atomic mass is 35.5. The van der Waals surface area contributed by atoms with Crippen molar-refractivity contribution in [3.05, 3.63) is 44.6 Å². The molecule has 0 aliphatic heterocycles. The summed E-state index contributed by atoms with van der Waals surface area (Å²) in [6.45, 7) is 4.25. The molecule has 12 heteroatoms. The minimum absolute atomic E-state index is 0.113. The van der Waals surface area contributed by atoms with Gasteiger partial charge in [0.15, 0.2) is 0 Å². The highest BCUT2D eigenvalue weighted by Gasteiger charge is 2.22. The maximum absolute atomic E-state index is 12.5. The van der Waals surface area contributed by atoms with Crippen LogP contribution in [0.5, 0.6) is 0 Å². The first-order chi connectivity index (χ1) is 13.8. The van der Waals surface area contributed by atoms with Crippen molar-refractivity contribution in [3.63, 3.8) is 0 Å². The number of hydrogen-bond acceptors (Lipinski definition) is 7. The molecule has 1 aromatic carbocycles. The number of thiophene rings is 1. The fraction of sp³-hybridized carbons (Fsp3) is 0.235. The molecule has 0 unspecified atom stereocenters. The number of benzene rings is 1. The van der Waals surface area contributed by atoms with E-state index in [1.54, 1.807) is 19.9 Å². The number of anilines is 1. The van der Waals surface area contributed by atoms with Crippen LogP contribution in [0.15, 0.2) is 39.6 Å². The average Bonchev–Trinajstić information content (AvgIpc) is 3.28. The number of rotatable bonds is 7. The monoisotopic (exact) mass is 474 g/mol. The minimum Gasteiger partial charge on any atom is -0.403 e. The first-order valence-corrected chi connectivity index (χ1v) is 11.5. The van der Waals surface area contributed by atoms with Gasteiger partial charge in [0.1, 0.15) is 4.34 Å². The lowest BCUT2D eigenvalue weighted by atomic mass is 10.2. The molecule has 1 N–H and O–H groups in total. The molecular formula is C17H16Cl2N4O4S2. The molecule has 2 aromatic heterocycles. The predicted octanol–water partition coefficient (Wildman–Crippen LogP) is 4.39. The molecule has 1 amide bonds. The molecule has 0 bridgehead atoms. The Bertz CT molecular complexity index is 1120. The Balaban J connectivity index is 1.74. The lowest BCUT2D eigenvalue weighted by Crippen LogP contribution is -2.30. The molecule has 0 radical (unpaired) electrons. The summed E-state index contributed by atoms with van der Waals surface area (Å²) in [4.78, 5) is 12.5. The zero-order valence-corrected chi connectivity index (χ0v) is 18.5. The van der Waals surface area contributed by atoms with Crippen molar-refractivity contribution in [3.8, 4) is 11.5 Å². The SMILES string of the molecule is CCN(CC)S(=O)(=O)c1ccc(C(=O)Nc2nnc(-c3cc(Cl)sc3Cl)o2)cc1. The van der Waals surface area contributed by atoms with Gasteiger partial charge in [-0.2, -0.15) is 4.31 Å². The van der Waals surface area contributed by atoms with Crippen molar-refractivity contribution >= 4 is 56.5 Å². The highest BCUT2D eigenvalue weighted by Crippen LogP contribution is 2.37. The third-order valence-corrected chi connectivity index (χ3v) is 7.54. The molecule has 0 aliphatic carbocycles. The van der Waals surface area contributed by atoms with Crippen molar-refractivity contribution in [2.75, 3.05) is 18.4 Å². The Morgan fingerprint density at radius 2 is 1.83 bits per heavy atom. The molecule has 0 spiro atoms. The van der Waals surface area contributed by atoms with Crippen molar-refractivity contribution in [1.82, 2.24) is 14.5 Å². The van der Waals surface area contributed by atoms with Gasteiger partial charge in [-0.3, -0.25) is 10.1 Å². The lowest BCUT2D eigenvalue weighted by molar-refractivity contribution is 0.102. The van der Waals surface area contributed by atoms with Crippen LogP contribution in [-0.2, 0) is 10.0 Å². The van der Waals surface area contributed by atoms with Gasteiger partial charge in [-0.25, -0.2) is 8.42 Å². The van der Waals surface area contributed by atoms with E-state index in [2.05, 4.69) is 15.5 Å². The van der Waals surface area contributed by atoms with Crippen LogP contribution in [0, 0.1) is 0 Å². The van der Waals surface area contributed by atoms with Crippen LogP contribution in [0.25, 0.3) is 11.5 Å². The molecule has 0 atom stereocenters. The van der Waals surface area contributed by atoms with Crippen LogP contribution in [-0.4, -0.2) is 41.9 Å². The maximum Gasteiger partial charge on any atom is 0.322 e. The van der Waals surface area contributed by atoms with Gasteiger partial charge in [-0.05, 0) is 30.3 Å². The molecule has 3 rings (SSSR count). The third kappa shape index (κ3) is 4.62. The number of nitrogens with zero attached hydrogens (tertiary/aromatic N) is 3. The molecule has 8 nitrogen and oxygen atoms in total. The van der Waals surface area contributed by atoms with E-state index in [1.807, 2.05) is 0 Å². The average molecular weight is 475 g/mol. The smallest absolute Gasteiger partial charge is 0.322 e. The number of hydrogen-bond donors (Lipinski definition) is 1. The molecule has 0 saturated carbocycles. The highest BCUT2D eigenvalue weighted by molar-refractivity contribution is 7.89. The number of nitrogens with one attached hydrogen (secondary N) is 1. The Kier molecular flexibility index (Phi) is 6.59. The zero-order chi connectivity index (χ0) is 21.2. The van der Waals surface area contributed by atoms with E-state index >= 15 is 0 Å². The van der Waals surface area contributed by atoms with E-state index in [1.165, 1.54) is 28.6 Å². The molecule has 154 valence electrons. The van der Waals surface area contributed by atoms with Gasteiger partial charge in [-0.15, -0.1) is 16.4 Å². The van der Waals surface area contributed by atoms with Crippen molar-refractivity contribution < 1.29 is 17.6 Å².